The van der Waals surface area contributed by atoms with Crippen molar-refractivity contribution in [2.24, 2.45) is 11.8 Å². The molecule has 4 heterocycles. The predicted molar refractivity (Wildman–Crippen MR) is 92.3 cm³/mol. The Morgan fingerprint density at radius 2 is 2.08 bits per heavy atom. The number of hydrogen-bond acceptors (Lipinski definition) is 6. The van der Waals surface area contributed by atoms with E-state index in [1.54, 1.807) is 6.26 Å². The van der Waals surface area contributed by atoms with E-state index in [0.717, 1.165) is 28.7 Å². The monoisotopic (exact) mass is 346 g/mol. The number of piperidine rings is 1. The lowest BCUT2D eigenvalue weighted by Crippen LogP contribution is -2.41. The Bertz CT molecular complexity index is 828. The molecule has 7 heteroatoms. The van der Waals surface area contributed by atoms with Crippen molar-refractivity contribution >= 4 is 16.3 Å². The Labute approximate surface area is 144 Å². The van der Waals surface area contributed by atoms with E-state index in [1.165, 1.54) is 22.3 Å². The van der Waals surface area contributed by atoms with Crippen molar-refractivity contribution in [3.63, 3.8) is 0 Å². The molecule has 0 unspecified atom stereocenters. The Kier molecular flexibility index (Phi) is 3.85. The lowest BCUT2D eigenvalue weighted by Gasteiger charge is -2.38. The normalized spacial score (nSPS) is 23.8. The third-order valence-electron chi connectivity index (χ3n) is 4.63. The van der Waals surface area contributed by atoms with E-state index in [2.05, 4.69) is 28.8 Å². The maximum atomic E-state index is 10.7. The fourth-order valence-corrected chi connectivity index (χ4v) is 5.01. The van der Waals surface area contributed by atoms with Crippen LogP contribution in [0.15, 0.2) is 22.8 Å². The average molecular weight is 346 g/mol. The van der Waals surface area contributed by atoms with Crippen LogP contribution < -0.4 is 0 Å². The van der Waals surface area contributed by atoms with Crippen LogP contribution in [0, 0.1) is 18.8 Å². The zero-order valence-corrected chi connectivity index (χ0v) is 15.0. The highest BCUT2D eigenvalue weighted by Crippen LogP contribution is 2.41. The molecule has 0 amide bonds. The Morgan fingerprint density at radius 1 is 1.33 bits per heavy atom. The van der Waals surface area contributed by atoms with E-state index >= 15 is 0 Å². The van der Waals surface area contributed by atoms with Crippen molar-refractivity contribution in [1.29, 1.82) is 0 Å². The second-order valence-corrected chi connectivity index (χ2v) is 7.97. The minimum Gasteiger partial charge on any atom is -0.492 e. The van der Waals surface area contributed by atoms with Crippen LogP contribution in [-0.2, 0) is 0 Å². The summed E-state index contributed by atoms with van der Waals surface area (Å²) in [5.41, 5.74) is 0. The topological polar surface area (TPSA) is 66.8 Å². The van der Waals surface area contributed by atoms with Gasteiger partial charge in [0.05, 0.1) is 11.1 Å². The van der Waals surface area contributed by atoms with Crippen molar-refractivity contribution in [2.45, 2.75) is 33.2 Å². The van der Waals surface area contributed by atoms with E-state index in [9.17, 15) is 5.11 Å². The number of rotatable bonds is 3. The molecule has 1 saturated heterocycles. The molecule has 0 aliphatic carbocycles. The van der Waals surface area contributed by atoms with Crippen LogP contribution in [0.4, 0.5) is 0 Å². The number of nitrogens with zero attached hydrogens (tertiary/aromatic N) is 4. The smallest absolute Gasteiger partial charge is 0.230 e. The number of aromatic hydroxyl groups is 1. The SMILES string of the molecule is Cc1nc2sc([C@H](c3ccco3)N3C[C@@H](C)C[C@H](C)C3)c(O)n2n1. The molecule has 1 aliphatic heterocycles. The fraction of sp³-hybridized carbons (Fsp3) is 0.529. The molecule has 1 N–H and O–H groups in total. The van der Waals surface area contributed by atoms with Gasteiger partial charge in [-0.3, -0.25) is 4.90 Å². The standard InChI is InChI=1S/C17H22N4O2S/c1-10-7-11(2)9-20(8-10)14(13-5-4-6-23-13)15-16(22)21-17(24-15)18-12(3)19-21/h4-6,10-11,14,22H,7-9H2,1-3H3/t10-,11-,14-/m0/s1. The minimum absolute atomic E-state index is 0.0981. The van der Waals surface area contributed by atoms with E-state index in [0.29, 0.717) is 17.7 Å². The third-order valence-corrected chi connectivity index (χ3v) is 5.70. The average Bonchev–Trinajstić information content (AvgIpc) is 3.20. The van der Waals surface area contributed by atoms with E-state index in [1.807, 2.05) is 19.1 Å². The highest BCUT2D eigenvalue weighted by atomic mass is 32.1. The Balaban J connectivity index is 1.80. The first-order valence-electron chi connectivity index (χ1n) is 8.35. The highest BCUT2D eigenvalue weighted by Gasteiger charge is 2.35. The maximum absolute atomic E-state index is 10.7. The fourth-order valence-electron chi connectivity index (χ4n) is 3.87. The summed E-state index contributed by atoms with van der Waals surface area (Å²) < 4.78 is 7.26. The zero-order valence-electron chi connectivity index (χ0n) is 14.1. The van der Waals surface area contributed by atoms with Crippen molar-refractivity contribution in [2.75, 3.05) is 13.1 Å². The van der Waals surface area contributed by atoms with Gasteiger partial charge in [0.1, 0.15) is 17.6 Å². The molecule has 1 aliphatic rings. The molecule has 0 spiro atoms. The highest BCUT2D eigenvalue weighted by molar-refractivity contribution is 7.17. The molecule has 6 nitrogen and oxygen atoms in total. The largest absolute Gasteiger partial charge is 0.492 e. The minimum atomic E-state index is -0.0981. The number of thiazole rings is 1. The van der Waals surface area contributed by atoms with Crippen LogP contribution >= 0.6 is 11.3 Å². The molecule has 4 rings (SSSR count). The molecule has 1 fully saturated rings. The van der Waals surface area contributed by atoms with Gasteiger partial charge in [-0.05, 0) is 37.3 Å². The van der Waals surface area contributed by atoms with Gasteiger partial charge in [0, 0.05) is 13.1 Å². The van der Waals surface area contributed by atoms with Gasteiger partial charge < -0.3 is 9.52 Å². The maximum Gasteiger partial charge on any atom is 0.230 e. The molecular formula is C17H22N4O2S. The summed E-state index contributed by atoms with van der Waals surface area (Å²) >= 11 is 1.48. The van der Waals surface area contributed by atoms with Crippen LogP contribution in [0.1, 0.15) is 42.8 Å². The van der Waals surface area contributed by atoms with Crippen LogP contribution in [0.25, 0.3) is 4.96 Å². The van der Waals surface area contributed by atoms with Crippen molar-refractivity contribution < 1.29 is 9.52 Å². The van der Waals surface area contributed by atoms with Crippen LogP contribution in [-0.4, -0.2) is 37.7 Å². The third kappa shape index (κ3) is 2.61. The van der Waals surface area contributed by atoms with Gasteiger partial charge >= 0.3 is 0 Å². The summed E-state index contributed by atoms with van der Waals surface area (Å²) in [6, 6.07) is 3.78. The lowest BCUT2D eigenvalue weighted by molar-refractivity contribution is 0.102. The molecular weight excluding hydrogens is 324 g/mol. The molecule has 0 saturated carbocycles. The first-order valence-corrected chi connectivity index (χ1v) is 9.17. The van der Waals surface area contributed by atoms with Gasteiger partial charge in [-0.15, -0.1) is 5.10 Å². The molecule has 24 heavy (non-hydrogen) atoms. The summed E-state index contributed by atoms with van der Waals surface area (Å²) in [4.78, 5) is 8.37. The van der Waals surface area contributed by atoms with Gasteiger partial charge in [-0.1, -0.05) is 25.2 Å². The van der Waals surface area contributed by atoms with E-state index in [4.69, 9.17) is 4.42 Å². The van der Waals surface area contributed by atoms with Crippen LogP contribution in [0.5, 0.6) is 5.88 Å². The molecule has 128 valence electrons. The van der Waals surface area contributed by atoms with Gasteiger partial charge in [0.2, 0.25) is 10.8 Å². The number of likely N-dealkylation sites (tertiary alicyclic amines) is 1. The Morgan fingerprint density at radius 3 is 2.71 bits per heavy atom. The first kappa shape index (κ1) is 15.7. The molecule has 0 bridgehead atoms. The number of aryl methyl sites for hydroxylation is 1. The second-order valence-electron chi connectivity index (χ2n) is 6.96. The first-order chi connectivity index (χ1) is 11.5. The van der Waals surface area contributed by atoms with Crippen LogP contribution in [0.3, 0.4) is 0 Å². The molecule has 0 radical (unpaired) electrons. The molecule has 3 atom stereocenters. The predicted octanol–water partition coefficient (Wildman–Crippen LogP) is 3.47. The Hall–Kier alpha value is -1.86. The van der Waals surface area contributed by atoms with Gasteiger partial charge in [-0.25, -0.2) is 4.98 Å². The molecule has 0 aromatic carbocycles. The van der Waals surface area contributed by atoms with Crippen molar-refractivity contribution in [3.05, 3.63) is 34.9 Å². The summed E-state index contributed by atoms with van der Waals surface area (Å²) in [5.74, 6) is 2.93. The zero-order chi connectivity index (χ0) is 16.8. The molecule has 3 aromatic heterocycles. The van der Waals surface area contributed by atoms with Gasteiger partial charge in [0.15, 0.2) is 0 Å². The summed E-state index contributed by atoms with van der Waals surface area (Å²) in [6.07, 6.45) is 2.93. The summed E-state index contributed by atoms with van der Waals surface area (Å²) in [7, 11) is 0. The quantitative estimate of drug-likeness (QED) is 0.786. The van der Waals surface area contributed by atoms with E-state index in [-0.39, 0.29) is 11.9 Å². The van der Waals surface area contributed by atoms with Gasteiger partial charge in [0.25, 0.3) is 0 Å². The lowest BCUT2D eigenvalue weighted by atomic mass is 9.90. The number of aromatic nitrogens is 3. The molecule has 3 aromatic rings. The van der Waals surface area contributed by atoms with Crippen LogP contribution in [0.2, 0.25) is 0 Å². The summed E-state index contributed by atoms with van der Waals surface area (Å²) in [5, 5.41) is 15.0. The number of hydrogen-bond donors (Lipinski definition) is 1. The number of furan rings is 1. The van der Waals surface area contributed by atoms with Crippen molar-refractivity contribution in [3.8, 4) is 5.88 Å². The summed E-state index contributed by atoms with van der Waals surface area (Å²) in [6.45, 7) is 8.38. The van der Waals surface area contributed by atoms with E-state index < -0.39 is 0 Å². The van der Waals surface area contributed by atoms with Crippen molar-refractivity contribution in [1.82, 2.24) is 19.5 Å². The van der Waals surface area contributed by atoms with Gasteiger partial charge in [-0.2, -0.15) is 4.52 Å². The number of fused-ring (bicyclic) bond motifs is 1. The second kappa shape index (κ2) is 5.89.